The van der Waals surface area contributed by atoms with Crippen LogP contribution in [0.2, 0.25) is 0 Å². The molecule has 5 nitrogen and oxygen atoms in total. The Kier molecular flexibility index (Phi) is 4.82. The van der Waals surface area contributed by atoms with Crippen LogP contribution < -0.4 is 15.8 Å². The lowest BCUT2D eigenvalue weighted by Gasteiger charge is -2.29. The summed E-state index contributed by atoms with van der Waals surface area (Å²) in [5.41, 5.74) is 6.54. The van der Waals surface area contributed by atoms with Gasteiger partial charge in [-0.25, -0.2) is 4.98 Å². The Bertz CT molecular complexity index is 404. The second kappa shape index (κ2) is 6.59. The van der Waals surface area contributed by atoms with Crippen LogP contribution in [0.25, 0.3) is 0 Å². The van der Waals surface area contributed by atoms with Crippen LogP contribution in [0.5, 0.6) is 5.88 Å². The quantitative estimate of drug-likeness (QED) is 0.855. The van der Waals surface area contributed by atoms with E-state index in [0.29, 0.717) is 36.0 Å². The van der Waals surface area contributed by atoms with Crippen LogP contribution in [-0.4, -0.2) is 22.6 Å². The van der Waals surface area contributed by atoms with Gasteiger partial charge in [-0.05, 0) is 32.6 Å². The van der Waals surface area contributed by atoms with Gasteiger partial charge in [0, 0.05) is 6.04 Å². The first-order valence-electron chi connectivity index (χ1n) is 7.22. The maximum absolute atomic E-state index is 6.03. The molecule has 1 saturated carbocycles. The van der Waals surface area contributed by atoms with Gasteiger partial charge in [0.2, 0.25) is 5.88 Å². The van der Waals surface area contributed by atoms with Crippen molar-refractivity contribution >= 4 is 11.5 Å². The summed E-state index contributed by atoms with van der Waals surface area (Å²) < 4.78 is 5.39. The Balaban J connectivity index is 2.03. The number of nitrogen functional groups attached to an aromatic ring is 1. The van der Waals surface area contributed by atoms with E-state index in [1.54, 1.807) is 0 Å². The largest absolute Gasteiger partial charge is 0.476 e. The summed E-state index contributed by atoms with van der Waals surface area (Å²) in [5.74, 6) is 1.87. The average Bonchev–Trinajstić information content (AvgIpc) is 2.44. The second-order valence-corrected chi connectivity index (χ2v) is 5.21. The maximum Gasteiger partial charge on any atom is 0.242 e. The average molecular weight is 264 g/mol. The molecule has 1 heterocycles. The Labute approximate surface area is 115 Å². The van der Waals surface area contributed by atoms with E-state index in [4.69, 9.17) is 10.5 Å². The van der Waals surface area contributed by atoms with E-state index < -0.39 is 0 Å². The first kappa shape index (κ1) is 13.9. The van der Waals surface area contributed by atoms with Crippen LogP contribution in [0.1, 0.15) is 46.0 Å². The van der Waals surface area contributed by atoms with Gasteiger partial charge in [-0.2, -0.15) is 4.98 Å². The molecule has 1 unspecified atom stereocenters. The molecule has 1 aliphatic carbocycles. The van der Waals surface area contributed by atoms with Crippen LogP contribution in [0.4, 0.5) is 11.5 Å². The van der Waals surface area contributed by atoms with Crippen LogP contribution >= 0.6 is 0 Å². The first-order valence-corrected chi connectivity index (χ1v) is 7.22. The van der Waals surface area contributed by atoms with Crippen molar-refractivity contribution in [2.75, 3.05) is 17.7 Å². The first-order chi connectivity index (χ1) is 9.22. The molecule has 1 aromatic rings. The molecule has 0 spiro atoms. The van der Waals surface area contributed by atoms with E-state index in [0.717, 1.165) is 0 Å². The molecule has 3 N–H and O–H groups in total. The third kappa shape index (κ3) is 3.49. The van der Waals surface area contributed by atoms with Crippen LogP contribution in [-0.2, 0) is 0 Å². The molecule has 1 aromatic heterocycles. The van der Waals surface area contributed by atoms with Gasteiger partial charge >= 0.3 is 0 Å². The van der Waals surface area contributed by atoms with Crippen molar-refractivity contribution in [2.24, 2.45) is 5.92 Å². The summed E-state index contributed by atoms with van der Waals surface area (Å²) in [7, 11) is 0. The van der Waals surface area contributed by atoms with E-state index in [2.05, 4.69) is 22.2 Å². The molecule has 1 fully saturated rings. The predicted octanol–water partition coefficient (Wildman–Crippen LogP) is 2.84. The van der Waals surface area contributed by atoms with E-state index in [9.17, 15) is 0 Å². The molecular formula is C14H24N4O. The Morgan fingerprint density at radius 2 is 2.11 bits per heavy atom. The third-order valence-corrected chi connectivity index (χ3v) is 3.85. The predicted molar refractivity (Wildman–Crippen MR) is 77.3 cm³/mol. The fourth-order valence-electron chi connectivity index (χ4n) is 2.71. The molecule has 106 valence electrons. The zero-order chi connectivity index (χ0) is 13.7. The van der Waals surface area contributed by atoms with Crippen molar-refractivity contribution in [1.29, 1.82) is 0 Å². The highest BCUT2D eigenvalue weighted by molar-refractivity contribution is 5.66. The summed E-state index contributed by atoms with van der Waals surface area (Å²) in [6.07, 6.45) is 8.11. The zero-order valence-electron chi connectivity index (χ0n) is 11.9. The molecule has 5 heteroatoms. The minimum absolute atomic E-state index is 0.381. The number of hydrogen-bond donors (Lipinski definition) is 2. The number of hydrogen-bond acceptors (Lipinski definition) is 5. The Morgan fingerprint density at radius 3 is 2.79 bits per heavy atom. The highest BCUT2D eigenvalue weighted by atomic mass is 16.5. The lowest BCUT2D eigenvalue weighted by atomic mass is 9.84. The molecule has 0 amide bonds. The third-order valence-electron chi connectivity index (χ3n) is 3.85. The van der Waals surface area contributed by atoms with E-state index in [-0.39, 0.29) is 0 Å². The fraction of sp³-hybridized carbons (Fsp3) is 0.714. The topological polar surface area (TPSA) is 73.1 Å². The molecule has 19 heavy (non-hydrogen) atoms. The molecule has 2 rings (SSSR count). The number of nitrogens with one attached hydrogen (secondary N) is 1. The highest BCUT2D eigenvalue weighted by Gasteiger charge is 2.21. The molecule has 1 atom stereocenters. The number of rotatable bonds is 5. The van der Waals surface area contributed by atoms with Gasteiger partial charge < -0.3 is 15.8 Å². The smallest absolute Gasteiger partial charge is 0.242 e. The number of aromatic nitrogens is 2. The van der Waals surface area contributed by atoms with Crippen molar-refractivity contribution in [3.05, 3.63) is 6.33 Å². The van der Waals surface area contributed by atoms with Gasteiger partial charge in [-0.3, -0.25) is 0 Å². The van der Waals surface area contributed by atoms with Gasteiger partial charge in [0.1, 0.15) is 12.0 Å². The summed E-state index contributed by atoms with van der Waals surface area (Å²) in [5, 5.41) is 3.42. The monoisotopic (exact) mass is 264 g/mol. The van der Waals surface area contributed by atoms with Gasteiger partial charge in [0.15, 0.2) is 5.82 Å². The van der Waals surface area contributed by atoms with Crippen LogP contribution in [0.3, 0.4) is 0 Å². The summed E-state index contributed by atoms with van der Waals surface area (Å²) in [6.45, 7) is 4.68. The lowest BCUT2D eigenvalue weighted by Crippen LogP contribution is -2.28. The van der Waals surface area contributed by atoms with Crippen molar-refractivity contribution < 1.29 is 4.74 Å². The van der Waals surface area contributed by atoms with Gasteiger partial charge in [0.05, 0.1) is 6.61 Å². The van der Waals surface area contributed by atoms with Crippen LogP contribution in [0, 0.1) is 5.92 Å². The minimum Gasteiger partial charge on any atom is -0.476 e. The second-order valence-electron chi connectivity index (χ2n) is 5.21. The summed E-state index contributed by atoms with van der Waals surface area (Å²) >= 11 is 0. The molecule has 0 aromatic carbocycles. The van der Waals surface area contributed by atoms with Crippen LogP contribution in [0.15, 0.2) is 6.33 Å². The number of nitrogens with two attached hydrogens (primary N) is 1. The van der Waals surface area contributed by atoms with Crippen molar-refractivity contribution in [2.45, 2.75) is 52.0 Å². The number of ether oxygens (including phenoxy) is 1. The van der Waals surface area contributed by atoms with Gasteiger partial charge in [-0.15, -0.1) is 0 Å². The van der Waals surface area contributed by atoms with Gasteiger partial charge in [0.25, 0.3) is 0 Å². The molecule has 1 aliphatic rings. The van der Waals surface area contributed by atoms with E-state index in [1.807, 2.05) is 6.92 Å². The number of anilines is 2. The fourth-order valence-corrected chi connectivity index (χ4v) is 2.71. The number of nitrogens with zero attached hydrogens (tertiary/aromatic N) is 2. The Morgan fingerprint density at radius 1 is 1.37 bits per heavy atom. The summed E-state index contributed by atoms with van der Waals surface area (Å²) in [4.78, 5) is 8.28. The molecule has 0 bridgehead atoms. The van der Waals surface area contributed by atoms with Gasteiger partial charge in [-0.1, -0.05) is 19.3 Å². The van der Waals surface area contributed by atoms with Crippen molar-refractivity contribution in [1.82, 2.24) is 9.97 Å². The maximum atomic E-state index is 6.03. The lowest BCUT2D eigenvalue weighted by molar-refractivity contribution is 0.325. The molecule has 0 radical (unpaired) electrons. The standard InChI is InChI=1S/C14H24N4O/c1-3-19-14-12(15)13(16-9-17-14)18-10(2)11-7-5-4-6-8-11/h9-11H,3-8,15H2,1-2H3,(H,16,17,18). The van der Waals surface area contributed by atoms with E-state index in [1.165, 1.54) is 38.4 Å². The Hall–Kier alpha value is -1.52. The van der Waals surface area contributed by atoms with Crippen molar-refractivity contribution in [3.8, 4) is 5.88 Å². The SMILES string of the molecule is CCOc1ncnc(NC(C)C2CCCCC2)c1N. The molecule has 0 saturated heterocycles. The highest BCUT2D eigenvalue weighted by Crippen LogP contribution is 2.30. The minimum atomic E-state index is 0.381. The van der Waals surface area contributed by atoms with E-state index >= 15 is 0 Å². The summed E-state index contributed by atoms with van der Waals surface area (Å²) in [6, 6.07) is 0.381. The molecular weight excluding hydrogens is 240 g/mol. The molecule has 0 aliphatic heterocycles. The zero-order valence-corrected chi connectivity index (χ0v) is 11.9. The normalized spacial score (nSPS) is 18.0. The van der Waals surface area contributed by atoms with Crippen molar-refractivity contribution in [3.63, 3.8) is 0 Å².